The highest BCUT2D eigenvalue weighted by atomic mass is 16.6. The third kappa shape index (κ3) is 5.86. The van der Waals surface area contributed by atoms with E-state index in [9.17, 15) is 9.59 Å². The zero-order chi connectivity index (χ0) is 16.5. The van der Waals surface area contributed by atoms with Crippen molar-refractivity contribution >= 4 is 12.0 Å². The molecule has 0 aromatic carbocycles. The normalized spacial score (nSPS) is 15.3. The molecule has 0 saturated carbocycles. The third-order valence-corrected chi connectivity index (χ3v) is 3.78. The average Bonchev–Trinajstić information content (AvgIpc) is 2.59. The molecule has 0 aliphatic carbocycles. The van der Waals surface area contributed by atoms with Gasteiger partial charge in [0.25, 0.3) is 0 Å². The van der Waals surface area contributed by atoms with Crippen molar-refractivity contribution in [1.29, 1.82) is 0 Å². The predicted molar refractivity (Wildman–Crippen MR) is 85.7 cm³/mol. The van der Waals surface area contributed by atoms with Crippen molar-refractivity contribution in [3.63, 3.8) is 0 Å². The zero-order valence-corrected chi connectivity index (χ0v) is 13.5. The van der Waals surface area contributed by atoms with E-state index in [0.29, 0.717) is 26.2 Å². The number of carbonyl (C=O) groups is 2. The van der Waals surface area contributed by atoms with Crippen molar-refractivity contribution in [2.45, 2.75) is 32.4 Å². The van der Waals surface area contributed by atoms with Crippen molar-refractivity contribution in [3.05, 3.63) is 30.1 Å². The number of pyridine rings is 1. The first-order chi connectivity index (χ1) is 11.2. The molecule has 7 heteroatoms. The minimum absolute atomic E-state index is 0.0401. The first-order valence-corrected chi connectivity index (χ1v) is 7.99. The summed E-state index contributed by atoms with van der Waals surface area (Å²) >= 11 is 0. The van der Waals surface area contributed by atoms with E-state index in [4.69, 9.17) is 4.74 Å². The fraction of sp³-hybridized carbons (Fsp3) is 0.562. The second-order valence-corrected chi connectivity index (χ2v) is 5.48. The van der Waals surface area contributed by atoms with Gasteiger partial charge in [0.05, 0.1) is 13.2 Å². The number of likely N-dealkylation sites (tertiary alicyclic amines) is 1. The summed E-state index contributed by atoms with van der Waals surface area (Å²) < 4.78 is 4.99. The first-order valence-electron chi connectivity index (χ1n) is 7.99. The van der Waals surface area contributed by atoms with Gasteiger partial charge < -0.3 is 20.3 Å². The third-order valence-electron chi connectivity index (χ3n) is 3.78. The highest BCUT2D eigenvalue weighted by molar-refractivity contribution is 5.78. The molecule has 2 amide bonds. The smallest absolute Gasteiger partial charge is 0.409 e. The number of rotatable bonds is 6. The minimum atomic E-state index is -0.250. The zero-order valence-electron chi connectivity index (χ0n) is 13.5. The van der Waals surface area contributed by atoms with Crippen molar-refractivity contribution in [2.24, 2.45) is 0 Å². The van der Waals surface area contributed by atoms with E-state index in [2.05, 4.69) is 15.6 Å². The van der Waals surface area contributed by atoms with Crippen LogP contribution in [0.4, 0.5) is 4.79 Å². The summed E-state index contributed by atoms with van der Waals surface area (Å²) in [6.45, 7) is 4.28. The summed E-state index contributed by atoms with van der Waals surface area (Å²) in [7, 11) is 0. The van der Waals surface area contributed by atoms with Crippen LogP contribution in [0.1, 0.15) is 25.3 Å². The SMILES string of the molecule is CCOC(=O)N1CCC(NCC(=O)NCc2cccnc2)CC1. The Hall–Kier alpha value is -2.15. The van der Waals surface area contributed by atoms with Gasteiger partial charge in [0, 0.05) is 38.1 Å². The van der Waals surface area contributed by atoms with E-state index in [1.54, 1.807) is 24.2 Å². The molecule has 23 heavy (non-hydrogen) atoms. The maximum atomic E-state index is 11.8. The second-order valence-electron chi connectivity index (χ2n) is 5.48. The van der Waals surface area contributed by atoms with Gasteiger partial charge in [0.15, 0.2) is 0 Å². The second kappa shape index (κ2) is 9.09. The van der Waals surface area contributed by atoms with Crippen LogP contribution >= 0.6 is 0 Å². The topological polar surface area (TPSA) is 83.6 Å². The van der Waals surface area contributed by atoms with Crippen LogP contribution in [0.3, 0.4) is 0 Å². The molecular weight excluding hydrogens is 296 g/mol. The summed E-state index contributed by atoms with van der Waals surface area (Å²) in [5.41, 5.74) is 0.976. The molecule has 2 rings (SSSR count). The summed E-state index contributed by atoms with van der Waals surface area (Å²) in [5.74, 6) is -0.0401. The van der Waals surface area contributed by atoms with Crippen LogP contribution in [-0.4, -0.2) is 54.2 Å². The van der Waals surface area contributed by atoms with Crippen molar-refractivity contribution in [1.82, 2.24) is 20.5 Å². The molecule has 1 fully saturated rings. The molecular formula is C16H24N4O3. The largest absolute Gasteiger partial charge is 0.450 e. The molecule has 0 atom stereocenters. The van der Waals surface area contributed by atoms with Crippen LogP contribution < -0.4 is 10.6 Å². The van der Waals surface area contributed by atoms with E-state index >= 15 is 0 Å². The molecule has 7 nitrogen and oxygen atoms in total. The van der Waals surface area contributed by atoms with Gasteiger partial charge >= 0.3 is 6.09 Å². The lowest BCUT2D eigenvalue weighted by Gasteiger charge is -2.31. The van der Waals surface area contributed by atoms with E-state index in [-0.39, 0.29) is 24.6 Å². The molecule has 0 radical (unpaired) electrons. The van der Waals surface area contributed by atoms with E-state index < -0.39 is 0 Å². The lowest BCUT2D eigenvalue weighted by molar-refractivity contribution is -0.120. The fourth-order valence-electron chi connectivity index (χ4n) is 2.48. The molecule has 2 heterocycles. The Labute approximate surface area is 136 Å². The monoisotopic (exact) mass is 320 g/mol. The van der Waals surface area contributed by atoms with Gasteiger partial charge in [-0.15, -0.1) is 0 Å². The van der Waals surface area contributed by atoms with Crippen LogP contribution in [0.2, 0.25) is 0 Å². The summed E-state index contributed by atoms with van der Waals surface area (Å²) in [6, 6.07) is 4.02. The minimum Gasteiger partial charge on any atom is -0.450 e. The summed E-state index contributed by atoms with van der Waals surface area (Å²) in [4.78, 5) is 29.2. The standard InChI is InChI=1S/C16H24N4O3/c1-2-23-16(22)20-8-5-14(6-9-20)18-12-15(21)19-11-13-4-3-7-17-10-13/h3-4,7,10,14,18H,2,5-6,8-9,11-12H2,1H3,(H,19,21). The van der Waals surface area contributed by atoms with E-state index in [1.807, 2.05) is 12.1 Å². The van der Waals surface area contributed by atoms with Gasteiger partial charge in [-0.1, -0.05) is 6.07 Å². The van der Waals surface area contributed by atoms with Gasteiger partial charge in [-0.05, 0) is 31.4 Å². The van der Waals surface area contributed by atoms with E-state index in [0.717, 1.165) is 18.4 Å². The van der Waals surface area contributed by atoms with Gasteiger partial charge in [-0.3, -0.25) is 9.78 Å². The van der Waals surface area contributed by atoms with Gasteiger partial charge in [-0.25, -0.2) is 4.79 Å². The predicted octanol–water partition coefficient (Wildman–Crippen LogP) is 0.908. The number of hydrogen-bond donors (Lipinski definition) is 2. The molecule has 1 aliphatic heterocycles. The maximum Gasteiger partial charge on any atom is 0.409 e. The van der Waals surface area contributed by atoms with Gasteiger partial charge in [0.2, 0.25) is 5.91 Å². The molecule has 126 valence electrons. The van der Waals surface area contributed by atoms with Crippen molar-refractivity contribution in [2.75, 3.05) is 26.2 Å². The number of nitrogens with zero attached hydrogens (tertiary/aromatic N) is 2. The van der Waals surface area contributed by atoms with Crippen LogP contribution in [-0.2, 0) is 16.1 Å². The van der Waals surface area contributed by atoms with Crippen LogP contribution in [0.25, 0.3) is 0 Å². The number of carbonyl (C=O) groups excluding carboxylic acids is 2. The number of ether oxygens (including phenoxy) is 1. The Kier molecular flexibility index (Phi) is 6.80. The quantitative estimate of drug-likeness (QED) is 0.814. The van der Waals surface area contributed by atoms with Crippen molar-refractivity contribution < 1.29 is 14.3 Å². The van der Waals surface area contributed by atoms with Gasteiger partial charge in [0.1, 0.15) is 0 Å². The molecule has 1 aliphatic rings. The Bertz CT molecular complexity index is 501. The summed E-state index contributed by atoms with van der Waals surface area (Å²) in [6.07, 6.45) is 4.85. The van der Waals surface area contributed by atoms with E-state index in [1.165, 1.54) is 0 Å². The lowest BCUT2D eigenvalue weighted by atomic mass is 10.1. The Morgan fingerprint density at radius 1 is 1.39 bits per heavy atom. The number of piperidine rings is 1. The maximum absolute atomic E-state index is 11.8. The Morgan fingerprint density at radius 2 is 2.17 bits per heavy atom. The van der Waals surface area contributed by atoms with Crippen molar-refractivity contribution in [3.8, 4) is 0 Å². The molecule has 0 unspecified atom stereocenters. The Morgan fingerprint density at radius 3 is 2.83 bits per heavy atom. The lowest BCUT2D eigenvalue weighted by Crippen LogP contribution is -2.47. The Balaban J connectivity index is 1.61. The highest BCUT2D eigenvalue weighted by Crippen LogP contribution is 2.11. The molecule has 2 N–H and O–H groups in total. The number of hydrogen-bond acceptors (Lipinski definition) is 5. The number of aromatic nitrogens is 1. The molecule has 1 aromatic heterocycles. The van der Waals surface area contributed by atoms with Gasteiger partial charge in [-0.2, -0.15) is 0 Å². The fourth-order valence-corrected chi connectivity index (χ4v) is 2.48. The van der Waals surface area contributed by atoms with Crippen LogP contribution in [0, 0.1) is 0 Å². The van der Waals surface area contributed by atoms with Crippen LogP contribution in [0.5, 0.6) is 0 Å². The molecule has 0 bridgehead atoms. The number of amides is 2. The molecule has 0 spiro atoms. The average molecular weight is 320 g/mol. The highest BCUT2D eigenvalue weighted by Gasteiger charge is 2.23. The number of nitrogens with one attached hydrogen (secondary N) is 2. The first kappa shape index (κ1) is 17.2. The molecule has 1 saturated heterocycles. The van der Waals surface area contributed by atoms with Crippen LogP contribution in [0.15, 0.2) is 24.5 Å². The summed E-state index contributed by atoms with van der Waals surface area (Å²) in [5, 5.41) is 6.10. The molecule has 1 aromatic rings.